The summed E-state index contributed by atoms with van der Waals surface area (Å²) in [7, 11) is 0. The van der Waals surface area contributed by atoms with Gasteiger partial charge in [-0.05, 0) is 47.0 Å². The average Bonchev–Trinajstić information content (AvgIpc) is 2.50. The Balaban J connectivity index is 2.29. The Morgan fingerprint density at radius 3 is 2.76 bits per heavy atom. The van der Waals surface area contributed by atoms with Gasteiger partial charge in [0.15, 0.2) is 5.84 Å². The number of halogens is 2. The van der Waals surface area contributed by atoms with Crippen LogP contribution in [0.3, 0.4) is 0 Å². The van der Waals surface area contributed by atoms with E-state index < -0.39 is 5.41 Å². The molecule has 0 aromatic heterocycles. The molecule has 0 bridgehead atoms. The van der Waals surface area contributed by atoms with Gasteiger partial charge < -0.3 is 21.0 Å². The molecule has 0 radical (unpaired) electrons. The predicted octanol–water partition coefficient (Wildman–Crippen LogP) is 2.58. The normalized spacial score (nSPS) is 18.3. The van der Waals surface area contributed by atoms with E-state index in [-0.39, 0.29) is 11.7 Å². The predicted molar refractivity (Wildman–Crippen MR) is 83.7 cm³/mol. The summed E-state index contributed by atoms with van der Waals surface area (Å²) in [4.78, 5) is 12.7. The van der Waals surface area contributed by atoms with E-state index in [9.17, 15) is 4.79 Å². The number of nitrogens with zero attached hydrogens (tertiary/aromatic N) is 1. The number of rotatable bonds is 3. The molecule has 0 aliphatic carbocycles. The second-order valence-electron chi connectivity index (χ2n) is 4.76. The van der Waals surface area contributed by atoms with Crippen molar-refractivity contribution in [2.75, 3.05) is 18.5 Å². The Kier molecular flexibility index (Phi) is 5.08. The van der Waals surface area contributed by atoms with Gasteiger partial charge in [-0.2, -0.15) is 0 Å². The standard InChI is InChI=1S/C13H15BrClN3O3/c14-9-2-1-8(15)7-10(9)17-12(19)13(11(16)18-20)3-5-21-6-4-13/h1-2,7,20H,3-6H2,(H2,16,18)(H,17,19). The lowest BCUT2D eigenvalue weighted by molar-refractivity contribution is -0.126. The van der Waals surface area contributed by atoms with Crippen molar-refractivity contribution in [3.8, 4) is 0 Å². The molecule has 2 rings (SSSR count). The van der Waals surface area contributed by atoms with E-state index in [2.05, 4.69) is 26.4 Å². The highest BCUT2D eigenvalue weighted by Gasteiger charge is 2.44. The van der Waals surface area contributed by atoms with Crippen molar-refractivity contribution in [1.29, 1.82) is 0 Å². The van der Waals surface area contributed by atoms with Crippen molar-refractivity contribution >= 4 is 45.0 Å². The summed E-state index contributed by atoms with van der Waals surface area (Å²) in [5.41, 5.74) is 5.21. The van der Waals surface area contributed by atoms with E-state index >= 15 is 0 Å². The molecule has 8 heteroatoms. The van der Waals surface area contributed by atoms with E-state index in [1.54, 1.807) is 18.2 Å². The van der Waals surface area contributed by atoms with Crippen LogP contribution in [0, 0.1) is 5.41 Å². The van der Waals surface area contributed by atoms with Gasteiger partial charge in [-0.25, -0.2) is 0 Å². The molecular weight excluding hydrogens is 362 g/mol. The molecule has 0 atom stereocenters. The number of hydrogen-bond acceptors (Lipinski definition) is 4. The van der Waals surface area contributed by atoms with Crippen LogP contribution in [-0.4, -0.2) is 30.2 Å². The average molecular weight is 377 g/mol. The first-order valence-electron chi connectivity index (χ1n) is 6.32. The summed E-state index contributed by atoms with van der Waals surface area (Å²) in [6.07, 6.45) is 0.708. The fourth-order valence-electron chi connectivity index (χ4n) is 2.25. The van der Waals surface area contributed by atoms with E-state index in [0.717, 1.165) is 0 Å². The first kappa shape index (κ1) is 16.1. The van der Waals surface area contributed by atoms with Gasteiger partial charge >= 0.3 is 0 Å². The number of carbonyl (C=O) groups excluding carboxylic acids is 1. The van der Waals surface area contributed by atoms with Crippen LogP contribution in [0.2, 0.25) is 5.02 Å². The van der Waals surface area contributed by atoms with Crippen LogP contribution in [0.1, 0.15) is 12.8 Å². The van der Waals surface area contributed by atoms with Crippen molar-refractivity contribution in [3.05, 3.63) is 27.7 Å². The first-order valence-corrected chi connectivity index (χ1v) is 7.49. The topological polar surface area (TPSA) is 96.9 Å². The van der Waals surface area contributed by atoms with Crippen molar-refractivity contribution < 1.29 is 14.7 Å². The van der Waals surface area contributed by atoms with Crippen LogP contribution in [-0.2, 0) is 9.53 Å². The molecule has 0 spiro atoms. The first-order chi connectivity index (χ1) is 9.99. The third-order valence-corrected chi connectivity index (χ3v) is 4.48. The highest BCUT2D eigenvalue weighted by Crippen LogP contribution is 2.34. The summed E-state index contributed by atoms with van der Waals surface area (Å²) < 4.78 is 5.96. The minimum Gasteiger partial charge on any atom is -0.409 e. The second kappa shape index (κ2) is 6.64. The minimum absolute atomic E-state index is 0.110. The maximum atomic E-state index is 12.7. The molecule has 1 aliphatic rings. The quantitative estimate of drug-likeness (QED) is 0.327. The largest absolute Gasteiger partial charge is 0.409 e. The molecular formula is C13H15BrClN3O3. The number of anilines is 1. The SMILES string of the molecule is N/C(=N/O)C1(C(=O)Nc2cc(Cl)ccc2Br)CCOCC1. The van der Waals surface area contributed by atoms with Gasteiger partial charge in [0.2, 0.25) is 5.91 Å². The molecule has 1 aromatic rings. The number of benzene rings is 1. The van der Waals surface area contributed by atoms with E-state index in [0.29, 0.717) is 41.2 Å². The number of nitrogens with two attached hydrogens (primary N) is 1. The van der Waals surface area contributed by atoms with Gasteiger partial charge in [0.1, 0.15) is 5.41 Å². The van der Waals surface area contributed by atoms with E-state index in [1.165, 1.54) is 0 Å². The minimum atomic E-state index is -1.07. The van der Waals surface area contributed by atoms with Gasteiger partial charge in [0.05, 0.1) is 5.69 Å². The lowest BCUT2D eigenvalue weighted by atomic mass is 9.78. The fourth-order valence-corrected chi connectivity index (χ4v) is 2.77. The highest BCUT2D eigenvalue weighted by atomic mass is 79.9. The zero-order valence-electron chi connectivity index (χ0n) is 11.1. The Labute approximate surface area is 135 Å². The Hall–Kier alpha value is -1.31. The zero-order valence-corrected chi connectivity index (χ0v) is 13.4. The molecule has 1 amide bonds. The number of oxime groups is 1. The molecule has 1 heterocycles. The summed E-state index contributed by atoms with van der Waals surface area (Å²) in [6.45, 7) is 0.751. The van der Waals surface area contributed by atoms with Crippen molar-refractivity contribution in [3.63, 3.8) is 0 Å². The molecule has 0 saturated carbocycles. The summed E-state index contributed by atoms with van der Waals surface area (Å²) in [5.74, 6) is -0.453. The van der Waals surface area contributed by atoms with Crippen LogP contribution in [0.4, 0.5) is 5.69 Å². The maximum absolute atomic E-state index is 12.7. The lowest BCUT2D eigenvalue weighted by Gasteiger charge is -2.34. The third-order valence-electron chi connectivity index (χ3n) is 3.56. The van der Waals surface area contributed by atoms with Gasteiger partial charge in [-0.3, -0.25) is 4.79 Å². The fraction of sp³-hybridized carbons (Fsp3) is 0.385. The number of carbonyl (C=O) groups is 1. The molecule has 1 saturated heterocycles. The number of nitrogens with one attached hydrogen (secondary N) is 1. The van der Waals surface area contributed by atoms with Crippen molar-refractivity contribution in [2.45, 2.75) is 12.8 Å². The monoisotopic (exact) mass is 375 g/mol. The summed E-state index contributed by atoms with van der Waals surface area (Å²) in [5, 5.41) is 15.3. The van der Waals surface area contributed by atoms with Crippen LogP contribution in [0.5, 0.6) is 0 Å². The smallest absolute Gasteiger partial charge is 0.238 e. The molecule has 1 aliphatic heterocycles. The number of amides is 1. The third kappa shape index (κ3) is 3.30. The molecule has 114 valence electrons. The Morgan fingerprint density at radius 2 is 2.14 bits per heavy atom. The molecule has 0 unspecified atom stereocenters. The van der Waals surface area contributed by atoms with Crippen LogP contribution >= 0.6 is 27.5 Å². The number of amidine groups is 1. The van der Waals surface area contributed by atoms with Gasteiger partial charge in [-0.15, -0.1) is 0 Å². The highest BCUT2D eigenvalue weighted by molar-refractivity contribution is 9.10. The molecule has 4 N–H and O–H groups in total. The molecule has 1 fully saturated rings. The Bertz CT molecular complexity index is 574. The van der Waals surface area contributed by atoms with E-state index in [1.807, 2.05) is 0 Å². The molecule has 1 aromatic carbocycles. The summed E-state index contributed by atoms with van der Waals surface area (Å²) >= 11 is 9.28. The van der Waals surface area contributed by atoms with Crippen LogP contribution in [0.25, 0.3) is 0 Å². The van der Waals surface area contributed by atoms with Gasteiger partial charge in [0.25, 0.3) is 0 Å². The maximum Gasteiger partial charge on any atom is 0.238 e. The van der Waals surface area contributed by atoms with Gasteiger partial charge in [0, 0.05) is 22.7 Å². The number of ether oxygens (including phenoxy) is 1. The van der Waals surface area contributed by atoms with Gasteiger partial charge in [-0.1, -0.05) is 16.8 Å². The van der Waals surface area contributed by atoms with Crippen molar-refractivity contribution in [2.24, 2.45) is 16.3 Å². The molecule has 6 nitrogen and oxygen atoms in total. The summed E-state index contributed by atoms with van der Waals surface area (Å²) in [6, 6.07) is 5.07. The van der Waals surface area contributed by atoms with Crippen LogP contribution in [0.15, 0.2) is 27.8 Å². The zero-order chi connectivity index (χ0) is 15.5. The lowest BCUT2D eigenvalue weighted by Crippen LogP contribution is -2.50. The number of hydrogen-bond donors (Lipinski definition) is 3. The molecule has 21 heavy (non-hydrogen) atoms. The van der Waals surface area contributed by atoms with Crippen molar-refractivity contribution in [1.82, 2.24) is 0 Å². The second-order valence-corrected chi connectivity index (χ2v) is 6.05. The van der Waals surface area contributed by atoms with Crippen LogP contribution < -0.4 is 11.1 Å². The Morgan fingerprint density at radius 1 is 1.48 bits per heavy atom. The van der Waals surface area contributed by atoms with E-state index in [4.69, 9.17) is 27.3 Å².